The van der Waals surface area contributed by atoms with Crippen molar-refractivity contribution in [3.8, 4) is 0 Å². The van der Waals surface area contributed by atoms with Crippen molar-refractivity contribution >= 4 is 24.0 Å². The van der Waals surface area contributed by atoms with Gasteiger partial charge >= 0.3 is 0 Å². The van der Waals surface area contributed by atoms with E-state index in [1.165, 1.54) is 43.7 Å². The minimum atomic E-state index is -0.317. The number of hydrogen-bond acceptors (Lipinski definition) is 2. The van der Waals surface area contributed by atoms with Crippen molar-refractivity contribution in [2.24, 2.45) is 5.92 Å². The Morgan fingerprint density at radius 1 is 1.14 bits per heavy atom. The monoisotopic (exact) mass is 346 g/mol. The summed E-state index contributed by atoms with van der Waals surface area (Å²) in [5.41, 5.74) is 1.19. The Bertz CT molecular complexity index is 454. The third kappa shape index (κ3) is 4.14. The lowest BCUT2D eigenvalue weighted by Gasteiger charge is -2.41. The zero-order chi connectivity index (χ0) is 14.7. The number of nitrogens with zero attached hydrogens (tertiary/aromatic N) is 1. The van der Waals surface area contributed by atoms with E-state index < -0.39 is 0 Å². The van der Waals surface area contributed by atoms with E-state index in [0.29, 0.717) is 12.0 Å². The highest BCUT2D eigenvalue weighted by Crippen LogP contribution is 2.39. The van der Waals surface area contributed by atoms with Crippen molar-refractivity contribution in [1.82, 2.24) is 10.2 Å². The maximum absolute atomic E-state index is 13.5. The molecule has 1 aliphatic carbocycles. The molecule has 1 aromatic carbocycles. The fraction of sp³-hybridized carbons (Fsp3) is 0.647. The molecule has 0 amide bonds. The van der Waals surface area contributed by atoms with Crippen molar-refractivity contribution in [2.75, 3.05) is 26.2 Å². The molecule has 2 nitrogen and oxygen atoms in total. The van der Waals surface area contributed by atoms with Crippen LogP contribution in [0.5, 0.6) is 0 Å². The maximum Gasteiger partial charge on any atom is 0.141 e. The molecule has 1 aliphatic heterocycles. The summed E-state index contributed by atoms with van der Waals surface area (Å²) in [7, 11) is 0. The molecule has 22 heavy (non-hydrogen) atoms. The zero-order valence-corrected chi connectivity index (χ0v) is 14.4. The lowest BCUT2D eigenvalue weighted by atomic mass is 9.80. The second-order valence-electron chi connectivity index (χ2n) is 6.30. The summed E-state index contributed by atoms with van der Waals surface area (Å²) in [5.74, 6) is 0.362. The van der Waals surface area contributed by atoms with Gasteiger partial charge < -0.3 is 5.32 Å². The Morgan fingerprint density at radius 3 is 2.45 bits per heavy atom. The van der Waals surface area contributed by atoms with Crippen LogP contribution in [0, 0.1) is 11.7 Å². The fourth-order valence-electron chi connectivity index (χ4n) is 3.89. The van der Waals surface area contributed by atoms with Crippen LogP contribution in [0.3, 0.4) is 0 Å². The van der Waals surface area contributed by atoms with Crippen molar-refractivity contribution in [2.45, 2.75) is 38.1 Å². The van der Waals surface area contributed by atoms with Gasteiger partial charge in [0, 0.05) is 32.2 Å². The molecule has 3 rings (SSSR count). The van der Waals surface area contributed by atoms with Gasteiger partial charge in [0.1, 0.15) is 5.82 Å². The van der Waals surface area contributed by atoms with Gasteiger partial charge in [0.2, 0.25) is 0 Å². The summed E-state index contributed by atoms with van der Waals surface area (Å²) >= 11 is 6.03. The van der Waals surface area contributed by atoms with Crippen LogP contribution in [0.2, 0.25) is 5.02 Å². The SMILES string of the molecule is Cl.Fc1ccc([C@@H](C2CCCCC2)N2CCNCC2)cc1Cl. The standard InChI is InChI=1S/C17H24ClFN2.ClH/c18-15-12-14(6-7-16(15)19)17(13-4-2-1-3-5-13)21-10-8-20-9-11-21;/h6-7,12-13,17,20H,1-5,8-11H2;1H/t17-;/m1./s1. The van der Waals surface area contributed by atoms with Crippen molar-refractivity contribution in [1.29, 1.82) is 0 Å². The minimum Gasteiger partial charge on any atom is -0.314 e. The number of nitrogens with one attached hydrogen (secondary N) is 1. The van der Waals surface area contributed by atoms with Crippen molar-refractivity contribution in [3.63, 3.8) is 0 Å². The minimum absolute atomic E-state index is 0. The molecule has 0 spiro atoms. The number of hydrogen-bond donors (Lipinski definition) is 1. The summed E-state index contributed by atoms with van der Waals surface area (Å²) in [4.78, 5) is 2.57. The molecular formula is C17H25Cl2FN2. The number of benzene rings is 1. The Hall–Kier alpha value is -0.350. The number of piperazine rings is 1. The van der Waals surface area contributed by atoms with Crippen molar-refractivity contribution < 1.29 is 4.39 Å². The molecule has 0 radical (unpaired) electrons. The maximum atomic E-state index is 13.5. The van der Waals surface area contributed by atoms with Crippen LogP contribution in [0.25, 0.3) is 0 Å². The first-order valence-corrected chi connectivity index (χ1v) is 8.53. The van der Waals surface area contributed by atoms with E-state index in [4.69, 9.17) is 11.6 Å². The molecule has 124 valence electrons. The summed E-state index contributed by atoms with van der Waals surface area (Å²) in [6.07, 6.45) is 6.56. The molecule has 1 aromatic rings. The first kappa shape index (κ1) is 18.0. The Kier molecular flexibility index (Phi) is 6.94. The van der Waals surface area contributed by atoms with E-state index in [9.17, 15) is 4.39 Å². The predicted molar refractivity (Wildman–Crippen MR) is 92.4 cm³/mol. The van der Waals surface area contributed by atoms with Crippen molar-refractivity contribution in [3.05, 3.63) is 34.6 Å². The van der Waals surface area contributed by atoms with E-state index >= 15 is 0 Å². The quantitative estimate of drug-likeness (QED) is 0.870. The van der Waals surface area contributed by atoms with Gasteiger partial charge in [-0.15, -0.1) is 12.4 Å². The summed E-state index contributed by atoms with van der Waals surface area (Å²) in [6.45, 7) is 4.21. The molecule has 0 bridgehead atoms. The van der Waals surface area contributed by atoms with E-state index in [1.807, 2.05) is 12.1 Å². The third-order valence-electron chi connectivity index (χ3n) is 4.93. The van der Waals surface area contributed by atoms with Crippen LogP contribution in [-0.2, 0) is 0 Å². The molecule has 0 unspecified atom stereocenters. The topological polar surface area (TPSA) is 15.3 Å². The van der Waals surface area contributed by atoms with Gasteiger partial charge in [0.05, 0.1) is 5.02 Å². The molecule has 1 saturated carbocycles. The zero-order valence-electron chi connectivity index (χ0n) is 12.9. The Labute approximate surface area is 143 Å². The van der Waals surface area contributed by atoms with Crippen LogP contribution < -0.4 is 5.32 Å². The van der Waals surface area contributed by atoms with Gasteiger partial charge in [0.15, 0.2) is 0 Å². The molecule has 2 fully saturated rings. The smallest absolute Gasteiger partial charge is 0.141 e. The average Bonchev–Trinajstić information content (AvgIpc) is 2.53. The van der Waals surface area contributed by atoms with Crippen LogP contribution >= 0.6 is 24.0 Å². The summed E-state index contributed by atoms with van der Waals surface area (Å²) in [5, 5.41) is 3.67. The van der Waals surface area contributed by atoms with Crippen LogP contribution in [-0.4, -0.2) is 31.1 Å². The van der Waals surface area contributed by atoms with E-state index in [1.54, 1.807) is 0 Å². The lowest BCUT2D eigenvalue weighted by molar-refractivity contribution is 0.103. The Balaban J connectivity index is 0.00000176. The number of rotatable bonds is 3. The molecule has 5 heteroatoms. The molecule has 1 atom stereocenters. The van der Waals surface area contributed by atoms with Gasteiger partial charge in [0.25, 0.3) is 0 Å². The van der Waals surface area contributed by atoms with Crippen LogP contribution in [0.1, 0.15) is 43.7 Å². The highest BCUT2D eigenvalue weighted by Gasteiger charge is 2.31. The molecule has 1 heterocycles. The van der Waals surface area contributed by atoms with Crippen LogP contribution in [0.4, 0.5) is 4.39 Å². The van der Waals surface area contributed by atoms with Gasteiger partial charge in [-0.3, -0.25) is 4.90 Å². The lowest BCUT2D eigenvalue weighted by Crippen LogP contribution is -2.47. The fourth-order valence-corrected chi connectivity index (χ4v) is 4.08. The molecule has 1 N–H and O–H groups in total. The van der Waals surface area contributed by atoms with Gasteiger partial charge in [-0.2, -0.15) is 0 Å². The summed E-state index contributed by atoms with van der Waals surface area (Å²) < 4.78 is 13.5. The summed E-state index contributed by atoms with van der Waals surface area (Å²) in [6, 6.07) is 5.70. The second kappa shape index (κ2) is 8.49. The first-order valence-electron chi connectivity index (χ1n) is 8.15. The van der Waals surface area contributed by atoms with Gasteiger partial charge in [-0.25, -0.2) is 4.39 Å². The van der Waals surface area contributed by atoms with Gasteiger partial charge in [-0.1, -0.05) is 36.9 Å². The van der Waals surface area contributed by atoms with Gasteiger partial charge in [-0.05, 0) is 36.5 Å². The molecule has 2 aliphatic rings. The predicted octanol–water partition coefficient (Wildman–Crippen LogP) is 4.43. The molecule has 0 aromatic heterocycles. The van der Waals surface area contributed by atoms with E-state index in [-0.39, 0.29) is 23.2 Å². The largest absolute Gasteiger partial charge is 0.314 e. The molecule has 1 saturated heterocycles. The normalized spacial score (nSPS) is 22.1. The highest BCUT2D eigenvalue weighted by atomic mass is 35.5. The second-order valence-corrected chi connectivity index (χ2v) is 6.71. The van der Waals surface area contributed by atoms with E-state index in [2.05, 4.69) is 10.2 Å². The number of halogens is 3. The Morgan fingerprint density at radius 2 is 1.82 bits per heavy atom. The van der Waals surface area contributed by atoms with E-state index in [0.717, 1.165) is 26.2 Å². The molecular weight excluding hydrogens is 322 g/mol. The highest BCUT2D eigenvalue weighted by molar-refractivity contribution is 6.30. The third-order valence-corrected chi connectivity index (χ3v) is 5.22. The van der Waals surface area contributed by atoms with Crippen LogP contribution in [0.15, 0.2) is 18.2 Å². The average molecular weight is 347 g/mol. The first-order chi connectivity index (χ1) is 10.3.